The number of benzene rings is 1. The van der Waals surface area contributed by atoms with Gasteiger partial charge >= 0.3 is 0 Å². The minimum atomic E-state index is -0.927. The Morgan fingerprint density at radius 3 is 2.75 bits per heavy atom. The average Bonchev–Trinajstić information content (AvgIpc) is 2.92. The van der Waals surface area contributed by atoms with Crippen molar-refractivity contribution >= 4 is 23.2 Å². The first-order valence-corrected chi connectivity index (χ1v) is 6.48. The van der Waals surface area contributed by atoms with E-state index in [0.29, 0.717) is 16.4 Å². The minimum Gasteiger partial charge on any atom is -0.369 e. The molecule has 1 amide bonds. The highest BCUT2D eigenvalue weighted by atomic mass is 35.5. The molecule has 0 aliphatic heterocycles. The Morgan fingerprint density at radius 2 is 2.15 bits per heavy atom. The molecule has 0 aliphatic carbocycles. The lowest BCUT2D eigenvalue weighted by molar-refractivity contribution is -0.133. The van der Waals surface area contributed by atoms with Gasteiger partial charge in [-0.05, 0) is 32.0 Å². The number of rotatable bonds is 4. The van der Waals surface area contributed by atoms with Crippen LogP contribution >= 0.6 is 11.6 Å². The van der Waals surface area contributed by atoms with E-state index in [1.165, 1.54) is 7.11 Å². The second-order valence-corrected chi connectivity index (χ2v) is 5.16. The van der Waals surface area contributed by atoms with Crippen LogP contribution in [0.15, 0.2) is 36.7 Å². The third kappa shape index (κ3) is 2.84. The van der Waals surface area contributed by atoms with Gasteiger partial charge in [-0.25, -0.2) is 4.68 Å². The van der Waals surface area contributed by atoms with Crippen molar-refractivity contribution in [2.75, 3.05) is 12.4 Å². The van der Waals surface area contributed by atoms with E-state index in [2.05, 4.69) is 10.4 Å². The van der Waals surface area contributed by atoms with Crippen LogP contribution in [-0.2, 0) is 9.53 Å². The second-order valence-electron chi connectivity index (χ2n) is 4.76. The zero-order chi connectivity index (χ0) is 14.8. The van der Waals surface area contributed by atoms with Crippen molar-refractivity contribution in [1.82, 2.24) is 9.78 Å². The van der Waals surface area contributed by atoms with Crippen LogP contribution in [0, 0.1) is 0 Å². The molecule has 0 atom stereocenters. The summed E-state index contributed by atoms with van der Waals surface area (Å²) in [5, 5.41) is 7.47. The number of hydrogen-bond donors (Lipinski definition) is 1. The molecule has 0 aliphatic rings. The number of methoxy groups -OCH3 is 1. The summed E-state index contributed by atoms with van der Waals surface area (Å²) < 4.78 is 6.77. The van der Waals surface area contributed by atoms with Gasteiger partial charge in [0.2, 0.25) is 0 Å². The van der Waals surface area contributed by atoms with Crippen LogP contribution in [0.3, 0.4) is 0 Å². The number of para-hydroxylation sites is 1. The molecule has 1 heterocycles. The number of halogens is 1. The Labute approximate surface area is 122 Å². The molecule has 106 valence electrons. The third-order valence-corrected chi connectivity index (χ3v) is 3.33. The highest BCUT2D eigenvalue weighted by Gasteiger charge is 2.28. The van der Waals surface area contributed by atoms with Crippen molar-refractivity contribution < 1.29 is 9.53 Å². The summed E-state index contributed by atoms with van der Waals surface area (Å²) in [6.07, 6.45) is 3.41. The number of nitrogens with zero attached hydrogens (tertiary/aromatic N) is 2. The van der Waals surface area contributed by atoms with E-state index in [4.69, 9.17) is 16.3 Å². The maximum Gasteiger partial charge on any atom is 0.256 e. The van der Waals surface area contributed by atoms with Gasteiger partial charge in [-0.2, -0.15) is 5.10 Å². The van der Waals surface area contributed by atoms with E-state index in [1.54, 1.807) is 55.2 Å². The lowest BCUT2D eigenvalue weighted by Crippen LogP contribution is -2.39. The van der Waals surface area contributed by atoms with E-state index < -0.39 is 5.60 Å². The fraction of sp³-hybridized carbons (Fsp3) is 0.286. The lowest BCUT2D eigenvalue weighted by Gasteiger charge is -2.22. The largest absolute Gasteiger partial charge is 0.369 e. The summed E-state index contributed by atoms with van der Waals surface area (Å²) >= 11 is 6.21. The fourth-order valence-corrected chi connectivity index (χ4v) is 1.88. The summed E-state index contributed by atoms with van der Waals surface area (Å²) in [5.41, 5.74) is 0.278. The standard InChI is InChI=1S/C14H16ClN3O2/c1-14(2,20-3)13(19)17-11-7-4-6-10(15)12(11)18-9-5-8-16-18/h4-9H,1-3H3,(H,17,19). The molecule has 6 heteroatoms. The highest BCUT2D eigenvalue weighted by molar-refractivity contribution is 6.33. The lowest BCUT2D eigenvalue weighted by atomic mass is 10.1. The van der Waals surface area contributed by atoms with E-state index in [-0.39, 0.29) is 5.91 Å². The maximum atomic E-state index is 12.2. The maximum absolute atomic E-state index is 12.2. The van der Waals surface area contributed by atoms with Crippen LogP contribution in [-0.4, -0.2) is 28.4 Å². The monoisotopic (exact) mass is 293 g/mol. The van der Waals surface area contributed by atoms with Crippen molar-refractivity contribution in [2.45, 2.75) is 19.4 Å². The van der Waals surface area contributed by atoms with Gasteiger partial charge in [-0.3, -0.25) is 4.79 Å². The fourth-order valence-electron chi connectivity index (χ4n) is 1.62. The molecular weight excluding hydrogens is 278 g/mol. The topological polar surface area (TPSA) is 56.1 Å². The molecule has 5 nitrogen and oxygen atoms in total. The number of amides is 1. The predicted octanol–water partition coefficient (Wildman–Crippen LogP) is 2.89. The van der Waals surface area contributed by atoms with Gasteiger partial charge in [0.05, 0.1) is 10.7 Å². The summed E-state index contributed by atoms with van der Waals surface area (Å²) in [6, 6.07) is 7.07. The van der Waals surface area contributed by atoms with Gasteiger partial charge in [0.1, 0.15) is 11.3 Å². The molecular formula is C14H16ClN3O2. The van der Waals surface area contributed by atoms with Gasteiger partial charge in [0, 0.05) is 19.5 Å². The van der Waals surface area contributed by atoms with Crippen molar-refractivity contribution in [3.63, 3.8) is 0 Å². The zero-order valence-corrected chi connectivity index (χ0v) is 12.3. The average molecular weight is 294 g/mol. The van der Waals surface area contributed by atoms with E-state index in [9.17, 15) is 4.79 Å². The highest BCUT2D eigenvalue weighted by Crippen LogP contribution is 2.28. The number of anilines is 1. The van der Waals surface area contributed by atoms with Gasteiger partial charge in [-0.1, -0.05) is 17.7 Å². The van der Waals surface area contributed by atoms with Gasteiger partial charge in [-0.15, -0.1) is 0 Å². The third-order valence-electron chi connectivity index (χ3n) is 3.03. The number of aromatic nitrogens is 2. The van der Waals surface area contributed by atoms with Crippen LogP contribution in [0.5, 0.6) is 0 Å². The van der Waals surface area contributed by atoms with Crippen molar-refractivity contribution in [2.24, 2.45) is 0 Å². The Kier molecular flexibility index (Phi) is 4.11. The molecule has 0 bridgehead atoms. The van der Waals surface area contributed by atoms with Gasteiger partial charge < -0.3 is 10.1 Å². The van der Waals surface area contributed by atoms with Crippen molar-refractivity contribution in [3.05, 3.63) is 41.7 Å². The zero-order valence-electron chi connectivity index (χ0n) is 11.6. The Morgan fingerprint density at radius 1 is 1.40 bits per heavy atom. The first kappa shape index (κ1) is 14.6. The number of hydrogen-bond acceptors (Lipinski definition) is 3. The summed E-state index contributed by atoms with van der Waals surface area (Å²) in [4.78, 5) is 12.2. The first-order chi connectivity index (χ1) is 9.45. The summed E-state index contributed by atoms with van der Waals surface area (Å²) in [5.74, 6) is -0.254. The molecule has 0 spiro atoms. The molecule has 1 aromatic heterocycles. The Balaban J connectivity index is 2.39. The predicted molar refractivity (Wildman–Crippen MR) is 78.3 cm³/mol. The molecule has 0 fully saturated rings. The smallest absolute Gasteiger partial charge is 0.256 e. The minimum absolute atomic E-state index is 0.254. The van der Waals surface area contributed by atoms with Crippen LogP contribution in [0.1, 0.15) is 13.8 Å². The van der Waals surface area contributed by atoms with E-state index >= 15 is 0 Å². The van der Waals surface area contributed by atoms with E-state index in [1.807, 2.05) is 0 Å². The van der Waals surface area contributed by atoms with Crippen LogP contribution in [0.25, 0.3) is 5.69 Å². The molecule has 0 radical (unpaired) electrons. The molecule has 2 aromatic rings. The molecule has 20 heavy (non-hydrogen) atoms. The van der Waals surface area contributed by atoms with Crippen LogP contribution in [0.2, 0.25) is 5.02 Å². The summed E-state index contributed by atoms with van der Waals surface area (Å²) in [6.45, 7) is 3.39. The molecule has 1 aromatic carbocycles. The Bertz CT molecular complexity index is 609. The second kappa shape index (κ2) is 5.64. The molecule has 0 unspecified atom stereocenters. The Hall–Kier alpha value is -1.85. The van der Waals surface area contributed by atoms with Gasteiger partial charge in [0.15, 0.2) is 0 Å². The first-order valence-electron chi connectivity index (χ1n) is 6.11. The van der Waals surface area contributed by atoms with Crippen molar-refractivity contribution in [1.29, 1.82) is 0 Å². The molecule has 0 saturated carbocycles. The van der Waals surface area contributed by atoms with Crippen LogP contribution < -0.4 is 5.32 Å². The van der Waals surface area contributed by atoms with Gasteiger partial charge in [0.25, 0.3) is 5.91 Å². The van der Waals surface area contributed by atoms with E-state index in [0.717, 1.165) is 0 Å². The SMILES string of the molecule is COC(C)(C)C(=O)Nc1cccc(Cl)c1-n1cccn1. The molecule has 0 saturated heterocycles. The number of nitrogens with one attached hydrogen (secondary N) is 1. The normalized spacial score (nSPS) is 11.4. The number of carbonyl (C=O) groups is 1. The quantitative estimate of drug-likeness (QED) is 0.943. The number of carbonyl (C=O) groups excluding carboxylic acids is 1. The molecule has 2 rings (SSSR count). The van der Waals surface area contributed by atoms with Crippen molar-refractivity contribution in [3.8, 4) is 5.69 Å². The molecule has 1 N–H and O–H groups in total. The summed E-state index contributed by atoms with van der Waals surface area (Å²) in [7, 11) is 1.49. The van der Waals surface area contributed by atoms with Crippen LogP contribution in [0.4, 0.5) is 5.69 Å². The number of ether oxygens (including phenoxy) is 1.